The van der Waals surface area contributed by atoms with Crippen molar-refractivity contribution in [3.63, 3.8) is 0 Å². The molecule has 0 saturated carbocycles. The number of amides is 2. The highest BCUT2D eigenvalue weighted by molar-refractivity contribution is 5.73. The summed E-state index contributed by atoms with van der Waals surface area (Å²) in [4.78, 5) is 16.8. The van der Waals surface area contributed by atoms with Crippen LogP contribution >= 0.6 is 0 Å². The van der Waals surface area contributed by atoms with Crippen LogP contribution in [-0.4, -0.2) is 73.8 Å². The Morgan fingerprint density at radius 3 is 2.48 bits per heavy atom. The zero-order valence-corrected chi connectivity index (χ0v) is 15.7. The van der Waals surface area contributed by atoms with Gasteiger partial charge in [0.25, 0.3) is 0 Å². The number of urea groups is 1. The first-order valence-electron chi connectivity index (χ1n) is 9.07. The molecule has 1 fully saturated rings. The van der Waals surface area contributed by atoms with Gasteiger partial charge in [0.2, 0.25) is 0 Å². The molecule has 3 N–H and O–H groups in total. The summed E-state index contributed by atoms with van der Waals surface area (Å²) in [5.74, 6) is 0.392. The van der Waals surface area contributed by atoms with E-state index in [1.807, 2.05) is 30.3 Å². The Kier molecular flexibility index (Phi) is 7.23. The summed E-state index contributed by atoms with van der Waals surface area (Å²) in [5, 5.41) is 16.2. The molecule has 6 nitrogen and oxygen atoms in total. The first-order valence-corrected chi connectivity index (χ1v) is 9.07. The van der Waals surface area contributed by atoms with Crippen molar-refractivity contribution in [3.8, 4) is 0 Å². The van der Waals surface area contributed by atoms with Crippen LogP contribution in [0.1, 0.15) is 19.4 Å². The maximum absolute atomic E-state index is 12.0. The van der Waals surface area contributed by atoms with Gasteiger partial charge in [0.05, 0.1) is 6.54 Å². The highest BCUT2D eigenvalue weighted by Gasteiger charge is 2.23. The average Bonchev–Trinajstić information content (AvgIpc) is 2.61. The fraction of sp³-hybridized carbons (Fsp3) is 0.632. The summed E-state index contributed by atoms with van der Waals surface area (Å²) >= 11 is 0. The first kappa shape index (κ1) is 19.7. The molecule has 1 aromatic carbocycles. The molecule has 0 spiro atoms. The maximum Gasteiger partial charge on any atom is 0.314 e. The molecule has 0 aliphatic carbocycles. The standard InChI is InChI=1S/C19H32N4O2/c1-16(14-23-11-9-22(3)10-12-23)13-20-18(24)21-15-19(2,25)17-7-5-4-6-8-17/h4-8,16,25H,9-15H2,1-3H3,(H2,20,21,24). The van der Waals surface area contributed by atoms with Gasteiger partial charge < -0.3 is 25.5 Å². The Labute approximate surface area is 151 Å². The topological polar surface area (TPSA) is 67.8 Å². The van der Waals surface area contributed by atoms with Crippen LogP contribution < -0.4 is 10.6 Å². The summed E-state index contributed by atoms with van der Waals surface area (Å²) in [6.07, 6.45) is 0. The molecule has 1 saturated heterocycles. The van der Waals surface area contributed by atoms with Crippen molar-refractivity contribution in [1.29, 1.82) is 0 Å². The minimum atomic E-state index is -1.08. The van der Waals surface area contributed by atoms with Crippen LogP contribution in [0.25, 0.3) is 0 Å². The third-order valence-corrected chi connectivity index (χ3v) is 4.77. The number of hydrogen-bond acceptors (Lipinski definition) is 4. The summed E-state index contributed by atoms with van der Waals surface area (Å²) in [5.41, 5.74) is -0.289. The predicted molar refractivity (Wildman–Crippen MR) is 101 cm³/mol. The van der Waals surface area contributed by atoms with Gasteiger partial charge in [-0.3, -0.25) is 0 Å². The van der Waals surface area contributed by atoms with Gasteiger partial charge >= 0.3 is 6.03 Å². The zero-order valence-electron chi connectivity index (χ0n) is 15.7. The largest absolute Gasteiger partial charge is 0.384 e. The van der Waals surface area contributed by atoms with Crippen LogP contribution in [-0.2, 0) is 5.60 Å². The van der Waals surface area contributed by atoms with E-state index in [1.165, 1.54) is 0 Å². The van der Waals surface area contributed by atoms with Crippen LogP contribution in [0.5, 0.6) is 0 Å². The number of carbonyl (C=O) groups is 1. The Morgan fingerprint density at radius 1 is 1.20 bits per heavy atom. The van der Waals surface area contributed by atoms with E-state index < -0.39 is 5.60 Å². The average molecular weight is 348 g/mol. The van der Waals surface area contributed by atoms with Crippen LogP contribution in [0, 0.1) is 5.92 Å². The fourth-order valence-electron chi connectivity index (χ4n) is 3.02. The number of nitrogens with one attached hydrogen (secondary N) is 2. The lowest BCUT2D eigenvalue weighted by Gasteiger charge is -2.34. The Morgan fingerprint density at radius 2 is 1.84 bits per heavy atom. The minimum absolute atomic E-state index is 0.176. The molecule has 2 rings (SSSR count). The van der Waals surface area contributed by atoms with E-state index in [9.17, 15) is 9.90 Å². The lowest BCUT2D eigenvalue weighted by atomic mass is 9.96. The fourth-order valence-corrected chi connectivity index (χ4v) is 3.02. The minimum Gasteiger partial charge on any atom is -0.384 e. The highest BCUT2D eigenvalue weighted by Crippen LogP contribution is 2.18. The molecule has 140 valence electrons. The Hall–Kier alpha value is -1.63. The Balaban J connectivity index is 1.66. The van der Waals surface area contributed by atoms with Crippen molar-refractivity contribution in [2.24, 2.45) is 5.92 Å². The van der Waals surface area contributed by atoms with E-state index in [4.69, 9.17) is 0 Å². The number of aliphatic hydroxyl groups is 1. The summed E-state index contributed by atoms with van der Waals surface area (Å²) < 4.78 is 0. The van der Waals surface area contributed by atoms with Crippen molar-refractivity contribution >= 4 is 6.03 Å². The summed E-state index contributed by atoms with van der Waals surface area (Å²) in [7, 11) is 2.15. The number of benzene rings is 1. The monoisotopic (exact) mass is 348 g/mol. The van der Waals surface area contributed by atoms with Gasteiger partial charge in [0.1, 0.15) is 5.60 Å². The van der Waals surface area contributed by atoms with Gasteiger partial charge in [0, 0.05) is 39.3 Å². The molecule has 2 unspecified atom stereocenters. The number of piperazine rings is 1. The molecule has 1 aliphatic rings. The Bertz CT molecular complexity index is 527. The highest BCUT2D eigenvalue weighted by atomic mass is 16.3. The van der Waals surface area contributed by atoms with Crippen molar-refractivity contribution < 1.29 is 9.90 Å². The second-order valence-electron chi connectivity index (χ2n) is 7.41. The van der Waals surface area contributed by atoms with E-state index in [0.29, 0.717) is 12.5 Å². The molecule has 1 aliphatic heterocycles. The van der Waals surface area contributed by atoms with E-state index >= 15 is 0 Å². The lowest BCUT2D eigenvalue weighted by Crippen LogP contribution is -2.48. The number of hydrogen-bond donors (Lipinski definition) is 3. The third kappa shape index (κ3) is 6.65. The molecule has 6 heteroatoms. The molecule has 0 bridgehead atoms. The van der Waals surface area contributed by atoms with Gasteiger partial charge in [-0.05, 0) is 25.5 Å². The molecule has 2 amide bonds. The smallest absolute Gasteiger partial charge is 0.314 e. The quantitative estimate of drug-likeness (QED) is 0.690. The van der Waals surface area contributed by atoms with E-state index in [0.717, 1.165) is 38.3 Å². The van der Waals surface area contributed by atoms with Crippen molar-refractivity contribution in [1.82, 2.24) is 20.4 Å². The first-order chi connectivity index (χ1) is 11.9. The van der Waals surface area contributed by atoms with Gasteiger partial charge in [0.15, 0.2) is 0 Å². The second kappa shape index (κ2) is 9.17. The molecule has 1 heterocycles. The number of rotatable bonds is 7. The molecule has 0 radical (unpaired) electrons. The van der Waals surface area contributed by atoms with Crippen molar-refractivity contribution in [2.45, 2.75) is 19.4 Å². The molecular formula is C19H32N4O2. The normalized spacial score (nSPS) is 19.8. The number of nitrogens with zero attached hydrogens (tertiary/aromatic N) is 2. The van der Waals surface area contributed by atoms with Gasteiger partial charge in [-0.25, -0.2) is 4.79 Å². The molecular weight excluding hydrogens is 316 g/mol. The van der Waals surface area contributed by atoms with Crippen LogP contribution in [0.4, 0.5) is 4.79 Å². The molecule has 25 heavy (non-hydrogen) atoms. The lowest BCUT2D eigenvalue weighted by molar-refractivity contribution is 0.0593. The molecule has 2 atom stereocenters. The predicted octanol–water partition coefficient (Wildman–Crippen LogP) is 1.08. The van der Waals surface area contributed by atoms with Gasteiger partial charge in [-0.15, -0.1) is 0 Å². The van der Waals surface area contributed by atoms with Crippen molar-refractivity contribution in [2.75, 3.05) is 52.9 Å². The van der Waals surface area contributed by atoms with E-state index in [1.54, 1.807) is 6.92 Å². The van der Waals surface area contributed by atoms with Gasteiger partial charge in [-0.1, -0.05) is 37.3 Å². The summed E-state index contributed by atoms with van der Waals surface area (Å²) in [6.45, 7) is 10.1. The summed E-state index contributed by atoms with van der Waals surface area (Å²) in [6, 6.07) is 9.14. The third-order valence-electron chi connectivity index (χ3n) is 4.77. The van der Waals surface area contributed by atoms with Crippen molar-refractivity contribution in [3.05, 3.63) is 35.9 Å². The second-order valence-corrected chi connectivity index (χ2v) is 7.41. The zero-order chi connectivity index (χ0) is 18.3. The van der Waals surface area contributed by atoms with E-state index in [2.05, 4.69) is 34.4 Å². The molecule has 0 aromatic heterocycles. The maximum atomic E-state index is 12.0. The van der Waals surface area contributed by atoms with Gasteiger partial charge in [-0.2, -0.15) is 0 Å². The van der Waals surface area contributed by atoms with Crippen LogP contribution in [0.15, 0.2) is 30.3 Å². The number of likely N-dealkylation sites (N-methyl/N-ethyl adjacent to an activating group) is 1. The number of carbonyl (C=O) groups excluding carboxylic acids is 1. The van der Waals surface area contributed by atoms with Crippen LogP contribution in [0.3, 0.4) is 0 Å². The molecule has 1 aromatic rings. The van der Waals surface area contributed by atoms with E-state index in [-0.39, 0.29) is 12.6 Å². The SMILES string of the molecule is CC(CNC(=O)NCC(C)(O)c1ccccc1)CN1CCN(C)CC1. The van der Waals surface area contributed by atoms with Crippen LogP contribution in [0.2, 0.25) is 0 Å².